The van der Waals surface area contributed by atoms with Gasteiger partial charge in [-0.15, -0.1) is 0 Å². The van der Waals surface area contributed by atoms with Gasteiger partial charge in [0, 0.05) is 12.5 Å². The first-order chi connectivity index (χ1) is 10.0. The molecule has 0 aromatic heterocycles. The van der Waals surface area contributed by atoms with E-state index < -0.39 is 0 Å². The van der Waals surface area contributed by atoms with Crippen LogP contribution in [0, 0.1) is 6.92 Å². The second kappa shape index (κ2) is 5.34. The van der Waals surface area contributed by atoms with Gasteiger partial charge in [0.25, 0.3) is 0 Å². The zero-order valence-electron chi connectivity index (χ0n) is 13.2. The summed E-state index contributed by atoms with van der Waals surface area (Å²) in [6.07, 6.45) is 3.41. The van der Waals surface area contributed by atoms with Gasteiger partial charge < -0.3 is 15.5 Å². The van der Waals surface area contributed by atoms with E-state index in [4.69, 9.17) is 0 Å². The van der Waals surface area contributed by atoms with Crippen molar-refractivity contribution in [1.29, 1.82) is 0 Å². The highest BCUT2D eigenvalue weighted by Crippen LogP contribution is 2.50. The maximum atomic E-state index is 11.7. The Hall–Kier alpha value is -1.55. The Bertz CT molecular complexity index is 547. The van der Waals surface area contributed by atoms with Crippen LogP contribution in [-0.4, -0.2) is 38.1 Å². The minimum Gasteiger partial charge on any atom is -0.341 e. The Labute approximate surface area is 126 Å². The van der Waals surface area contributed by atoms with Crippen LogP contribution in [0.25, 0.3) is 0 Å². The van der Waals surface area contributed by atoms with E-state index in [1.165, 1.54) is 29.5 Å². The average Bonchev–Trinajstić information content (AvgIpc) is 2.76. The fraction of sp³-hybridized carbons (Fsp3) is 0.588. The van der Waals surface area contributed by atoms with E-state index in [1.807, 2.05) is 0 Å². The molecule has 4 nitrogen and oxygen atoms in total. The van der Waals surface area contributed by atoms with Gasteiger partial charge in [0.15, 0.2) is 0 Å². The monoisotopic (exact) mass is 287 g/mol. The molecule has 3 rings (SSSR count). The molecule has 4 heteroatoms. The Morgan fingerprint density at radius 2 is 2.05 bits per heavy atom. The number of nitrogens with one attached hydrogen (secondary N) is 2. The summed E-state index contributed by atoms with van der Waals surface area (Å²) in [5.74, 6) is 0. The summed E-state index contributed by atoms with van der Waals surface area (Å²) in [5, 5.41) is 5.80. The van der Waals surface area contributed by atoms with E-state index in [0.717, 1.165) is 19.5 Å². The highest BCUT2D eigenvalue weighted by atomic mass is 16.2. The first kappa shape index (κ1) is 14.4. The maximum absolute atomic E-state index is 11.7. The fourth-order valence-electron chi connectivity index (χ4n) is 3.92. The van der Waals surface area contributed by atoms with Crippen molar-refractivity contribution in [1.82, 2.24) is 15.5 Å². The van der Waals surface area contributed by atoms with E-state index in [2.05, 4.69) is 47.7 Å². The molecule has 1 aliphatic heterocycles. The Balaban J connectivity index is 1.94. The van der Waals surface area contributed by atoms with Crippen molar-refractivity contribution in [2.75, 3.05) is 27.2 Å². The van der Waals surface area contributed by atoms with Crippen LogP contribution in [0.15, 0.2) is 18.2 Å². The predicted octanol–water partition coefficient (Wildman–Crippen LogP) is 2.33. The van der Waals surface area contributed by atoms with Crippen LogP contribution in [0.2, 0.25) is 0 Å². The van der Waals surface area contributed by atoms with Crippen LogP contribution in [0.5, 0.6) is 0 Å². The second-order valence-electron chi connectivity index (χ2n) is 6.65. The number of likely N-dealkylation sites (tertiary alicyclic amines) is 1. The van der Waals surface area contributed by atoms with Gasteiger partial charge >= 0.3 is 6.03 Å². The van der Waals surface area contributed by atoms with E-state index in [0.29, 0.717) is 0 Å². The molecule has 0 bridgehead atoms. The molecule has 1 saturated heterocycles. The number of nitrogens with zero attached hydrogens (tertiary/aromatic N) is 1. The number of piperidine rings is 1. The van der Waals surface area contributed by atoms with Crippen molar-refractivity contribution in [2.24, 2.45) is 0 Å². The third kappa shape index (κ3) is 2.53. The van der Waals surface area contributed by atoms with E-state index in [1.54, 1.807) is 7.05 Å². The molecule has 1 atom stereocenters. The van der Waals surface area contributed by atoms with Crippen molar-refractivity contribution in [3.05, 3.63) is 34.9 Å². The first-order valence-corrected chi connectivity index (χ1v) is 7.82. The maximum Gasteiger partial charge on any atom is 0.315 e. The summed E-state index contributed by atoms with van der Waals surface area (Å²) >= 11 is 0. The van der Waals surface area contributed by atoms with Gasteiger partial charge in [-0.2, -0.15) is 0 Å². The lowest BCUT2D eigenvalue weighted by atomic mass is 9.73. The summed E-state index contributed by atoms with van der Waals surface area (Å²) in [7, 11) is 3.87. The third-order valence-corrected chi connectivity index (χ3v) is 5.23. The summed E-state index contributed by atoms with van der Waals surface area (Å²) in [6.45, 7) is 4.43. The minimum absolute atomic E-state index is 0.0866. The van der Waals surface area contributed by atoms with Crippen LogP contribution < -0.4 is 10.6 Å². The molecule has 2 N–H and O–H groups in total. The smallest absolute Gasteiger partial charge is 0.315 e. The number of carbonyl (C=O) groups is 1. The molecule has 1 aromatic carbocycles. The topological polar surface area (TPSA) is 44.4 Å². The molecule has 0 radical (unpaired) electrons. The van der Waals surface area contributed by atoms with Gasteiger partial charge in [0.1, 0.15) is 0 Å². The number of aryl methyl sites for hydroxylation is 1. The normalized spacial score (nSPS) is 23.9. The van der Waals surface area contributed by atoms with Crippen LogP contribution >= 0.6 is 0 Å². The number of fused-ring (bicyclic) bond motifs is 2. The van der Waals surface area contributed by atoms with Crippen molar-refractivity contribution in [3.63, 3.8) is 0 Å². The molecule has 0 saturated carbocycles. The van der Waals surface area contributed by atoms with Crippen LogP contribution in [0.3, 0.4) is 0 Å². The Morgan fingerprint density at radius 3 is 2.71 bits per heavy atom. The van der Waals surface area contributed by atoms with Crippen molar-refractivity contribution >= 4 is 6.03 Å². The van der Waals surface area contributed by atoms with Crippen LogP contribution in [-0.2, 0) is 5.41 Å². The number of hydrogen-bond donors (Lipinski definition) is 2. The minimum atomic E-state index is -0.0866. The molecule has 2 amide bonds. The zero-order valence-corrected chi connectivity index (χ0v) is 13.2. The van der Waals surface area contributed by atoms with E-state index >= 15 is 0 Å². The second-order valence-corrected chi connectivity index (χ2v) is 6.65. The van der Waals surface area contributed by atoms with Crippen molar-refractivity contribution < 1.29 is 4.79 Å². The Morgan fingerprint density at radius 1 is 1.33 bits per heavy atom. The molecule has 1 aromatic rings. The molecule has 2 aliphatic rings. The van der Waals surface area contributed by atoms with Crippen LogP contribution in [0.1, 0.15) is 42.0 Å². The summed E-state index contributed by atoms with van der Waals surface area (Å²) < 4.78 is 0. The van der Waals surface area contributed by atoms with Crippen molar-refractivity contribution in [2.45, 2.75) is 37.6 Å². The molecule has 21 heavy (non-hydrogen) atoms. The summed E-state index contributed by atoms with van der Waals surface area (Å²) in [4.78, 5) is 14.1. The molecule has 1 heterocycles. The first-order valence-electron chi connectivity index (χ1n) is 7.82. The average molecular weight is 287 g/mol. The molecule has 114 valence electrons. The number of carbonyl (C=O) groups excluding carboxylic acids is 1. The molecule has 1 aliphatic carbocycles. The lowest BCUT2D eigenvalue weighted by molar-refractivity contribution is 0.178. The summed E-state index contributed by atoms with van der Waals surface area (Å²) in [6, 6.07) is 6.76. The lowest BCUT2D eigenvalue weighted by Crippen LogP contribution is -2.41. The highest BCUT2D eigenvalue weighted by Gasteiger charge is 2.45. The predicted molar refractivity (Wildman–Crippen MR) is 84.5 cm³/mol. The molecule has 1 fully saturated rings. The van der Waals surface area contributed by atoms with Gasteiger partial charge in [0.2, 0.25) is 0 Å². The zero-order chi connectivity index (χ0) is 15.0. The summed E-state index contributed by atoms with van der Waals surface area (Å²) in [5.41, 5.74) is 4.35. The van der Waals surface area contributed by atoms with Crippen molar-refractivity contribution in [3.8, 4) is 0 Å². The number of urea groups is 1. The number of amides is 2. The van der Waals surface area contributed by atoms with Crippen LogP contribution in [0.4, 0.5) is 4.79 Å². The van der Waals surface area contributed by atoms with Gasteiger partial charge in [-0.3, -0.25) is 0 Å². The fourth-order valence-corrected chi connectivity index (χ4v) is 3.92. The molecule has 1 spiro atoms. The Kier molecular flexibility index (Phi) is 3.66. The SMILES string of the molecule is CNC(=O)NC1CC2(CCN(C)CC2)c2cc(C)ccc21. The number of benzene rings is 1. The molecular formula is C17H25N3O. The van der Waals surface area contributed by atoms with Gasteiger partial charge in [-0.05, 0) is 57.5 Å². The largest absolute Gasteiger partial charge is 0.341 e. The highest BCUT2D eigenvalue weighted by molar-refractivity contribution is 5.74. The lowest BCUT2D eigenvalue weighted by Gasteiger charge is -2.39. The van der Waals surface area contributed by atoms with Gasteiger partial charge in [-0.25, -0.2) is 4.79 Å². The molecule has 1 unspecified atom stereocenters. The quantitative estimate of drug-likeness (QED) is 0.832. The van der Waals surface area contributed by atoms with E-state index in [-0.39, 0.29) is 17.5 Å². The van der Waals surface area contributed by atoms with E-state index in [9.17, 15) is 4.79 Å². The van der Waals surface area contributed by atoms with Gasteiger partial charge in [0.05, 0.1) is 6.04 Å². The standard InChI is InChI=1S/C17H25N3O/c1-12-4-5-13-14(10-12)17(6-8-20(3)9-7-17)11-15(13)19-16(21)18-2/h4-5,10,15H,6-9,11H2,1-3H3,(H2,18,19,21). The molecular weight excluding hydrogens is 262 g/mol. The van der Waals surface area contributed by atoms with Gasteiger partial charge in [-0.1, -0.05) is 23.8 Å². The number of rotatable bonds is 1. The number of hydrogen-bond acceptors (Lipinski definition) is 2. The third-order valence-electron chi connectivity index (χ3n) is 5.23.